The van der Waals surface area contributed by atoms with Crippen LogP contribution < -0.4 is 5.73 Å². The Kier molecular flexibility index (Phi) is 4.05. The van der Waals surface area contributed by atoms with Gasteiger partial charge in [-0.25, -0.2) is 4.98 Å². The Labute approximate surface area is 142 Å². The van der Waals surface area contributed by atoms with Gasteiger partial charge in [0.25, 0.3) is 0 Å². The first-order valence-electron chi connectivity index (χ1n) is 7.85. The third-order valence-corrected chi connectivity index (χ3v) is 4.16. The van der Waals surface area contributed by atoms with Crippen molar-refractivity contribution in [1.29, 1.82) is 5.26 Å². The first kappa shape index (κ1) is 15.8. The molecule has 3 aromatic rings. The second-order valence-corrected chi connectivity index (χ2v) is 6.11. The summed E-state index contributed by atoms with van der Waals surface area (Å²) in [7, 11) is 0. The highest BCUT2D eigenvalue weighted by molar-refractivity contribution is 5.81. The normalized spacial score (nSPS) is 10.4. The van der Waals surface area contributed by atoms with Crippen LogP contribution in [0, 0.1) is 32.1 Å². The van der Waals surface area contributed by atoms with Crippen LogP contribution in [0.2, 0.25) is 0 Å². The minimum absolute atomic E-state index is 0.271. The van der Waals surface area contributed by atoms with E-state index >= 15 is 0 Å². The van der Waals surface area contributed by atoms with Crippen molar-refractivity contribution in [2.45, 2.75) is 20.8 Å². The third kappa shape index (κ3) is 2.87. The molecule has 0 unspecified atom stereocenters. The van der Waals surface area contributed by atoms with Gasteiger partial charge in [-0.3, -0.25) is 0 Å². The fraction of sp³-hybridized carbons (Fsp3) is 0.143. The molecule has 0 aliphatic heterocycles. The van der Waals surface area contributed by atoms with Gasteiger partial charge < -0.3 is 5.73 Å². The van der Waals surface area contributed by atoms with Crippen LogP contribution in [-0.2, 0) is 0 Å². The van der Waals surface area contributed by atoms with Gasteiger partial charge >= 0.3 is 0 Å². The Balaban J connectivity index is 2.29. The molecule has 1 heterocycles. The van der Waals surface area contributed by atoms with E-state index < -0.39 is 0 Å². The fourth-order valence-electron chi connectivity index (χ4n) is 2.87. The van der Waals surface area contributed by atoms with Crippen LogP contribution in [0.3, 0.4) is 0 Å². The van der Waals surface area contributed by atoms with Crippen LogP contribution in [0.15, 0.2) is 48.5 Å². The van der Waals surface area contributed by atoms with Crippen molar-refractivity contribution in [2.24, 2.45) is 0 Å². The number of anilines is 1. The molecule has 0 fully saturated rings. The van der Waals surface area contributed by atoms with Gasteiger partial charge in [0.2, 0.25) is 0 Å². The summed E-state index contributed by atoms with van der Waals surface area (Å²) in [4.78, 5) is 4.45. The summed E-state index contributed by atoms with van der Waals surface area (Å²) in [6.45, 7) is 6.13. The lowest BCUT2D eigenvalue weighted by Gasteiger charge is -2.13. The van der Waals surface area contributed by atoms with E-state index in [1.807, 2.05) is 45.0 Å². The number of hydrogen-bond acceptors (Lipinski definition) is 3. The monoisotopic (exact) mass is 313 g/mol. The highest BCUT2D eigenvalue weighted by Gasteiger charge is 2.15. The molecule has 0 aliphatic carbocycles. The predicted octanol–water partition coefficient (Wildman–Crippen LogP) is 4.79. The van der Waals surface area contributed by atoms with Gasteiger partial charge in [0.1, 0.15) is 17.5 Å². The highest BCUT2D eigenvalue weighted by atomic mass is 14.8. The van der Waals surface area contributed by atoms with Gasteiger partial charge in [-0.15, -0.1) is 0 Å². The topological polar surface area (TPSA) is 62.7 Å². The van der Waals surface area contributed by atoms with E-state index in [0.29, 0.717) is 5.56 Å². The number of nitriles is 1. The molecular weight excluding hydrogens is 294 g/mol. The maximum atomic E-state index is 9.56. The van der Waals surface area contributed by atoms with Crippen LogP contribution >= 0.6 is 0 Å². The van der Waals surface area contributed by atoms with Gasteiger partial charge in [0.15, 0.2) is 0 Å². The zero-order chi connectivity index (χ0) is 17.3. The van der Waals surface area contributed by atoms with E-state index in [2.05, 4.69) is 35.3 Å². The van der Waals surface area contributed by atoms with Crippen molar-refractivity contribution in [1.82, 2.24) is 4.98 Å². The van der Waals surface area contributed by atoms with Crippen LogP contribution in [0.5, 0.6) is 0 Å². The molecule has 0 atom stereocenters. The minimum atomic E-state index is 0.271. The first-order chi connectivity index (χ1) is 11.5. The number of nitrogens with zero attached hydrogens (tertiary/aromatic N) is 2. The molecule has 0 spiro atoms. The summed E-state index contributed by atoms with van der Waals surface area (Å²) in [6, 6.07) is 18.5. The molecular formula is C21H19N3. The van der Waals surface area contributed by atoms with E-state index in [0.717, 1.165) is 39.1 Å². The van der Waals surface area contributed by atoms with Crippen LogP contribution in [0.4, 0.5) is 5.82 Å². The molecule has 0 bridgehead atoms. The Morgan fingerprint density at radius 1 is 0.917 bits per heavy atom. The van der Waals surface area contributed by atoms with Crippen molar-refractivity contribution >= 4 is 5.82 Å². The molecule has 0 aliphatic rings. The lowest BCUT2D eigenvalue weighted by Crippen LogP contribution is -2.00. The first-order valence-corrected chi connectivity index (χ1v) is 7.85. The molecule has 0 amide bonds. The predicted molar refractivity (Wildman–Crippen MR) is 98.4 cm³/mol. The zero-order valence-electron chi connectivity index (χ0n) is 14.1. The van der Waals surface area contributed by atoms with E-state index in [4.69, 9.17) is 5.73 Å². The van der Waals surface area contributed by atoms with Crippen molar-refractivity contribution in [3.8, 4) is 28.5 Å². The molecule has 3 heteroatoms. The van der Waals surface area contributed by atoms with E-state index in [1.54, 1.807) is 0 Å². The van der Waals surface area contributed by atoms with Crippen molar-refractivity contribution in [2.75, 3.05) is 5.73 Å². The second kappa shape index (κ2) is 6.17. The zero-order valence-corrected chi connectivity index (χ0v) is 14.1. The Hall–Kier alpha value is -3.12. The van der Waals surface area contributed by atoms with Gasteiger partial charge in [0.05, 0.1) is 5.69 Å². The third-order valence-electron chi connectivity index (χ3n) is 4.16. The SMILES string of the molecule is Cc1cccc(-c2cc(-c3cc(C)ccc3C)c(C#N)c(N)n2)c1. The van der Waals surface area contributed by atoms with Crippen LogP contribution in [0.25, 0.3) is 22.4 Å². The van der Waals surface area contributed by atoms with Crippen LogP contribution in [0.1, 0.15) is 22.3 Å². The molecule has 3 rings (SSSR count). The van der Waals surface area contributed by atoms with Crippen molar-refractivity contribution < 1.29 is 0 Å². The fourth-order valence-corrected chi connectivity index (χ4v) is 2.87. The van der Waals surface area contributed by atoms with Crippen molar-refractivity contribution in [3.05, 3.63) is 70.8 Å². The standard InChI is InChI=1S/C21H19N3/c1-13-5-4-6-16(9-13)20-11-18(19(12-22)21(23)24-20)17-10-14(2)7-8-15(17)3/h4-11H,1-3H3,(H2,23,24). The van der Waals surface area contributed by atoms with Gasteiger partial charge in [0, 0.05) is 11.1 Å². The van der Waals surface area contributed by atoms with E-state index in [1.165, 1.54) is 0 Å². The second-order valence-electron chi connectivity index (χ2n) is 6.11. The van der Waals surface area contributed by atoms with E-state index in [9.17, 15) is 5.26 Å². The molecule has 118 valence electrons. The molecule has 2 N–H and O–H groups in total. The molecule has 3 nitrogen and oxygen atoms in total. The molecule has 24 heavy (non-hydrogen) atoms. The number of aryl methyl sites for hydroxylation is 3. The smallest absolute Gasteiger partial charge is 0.142 e. The average molecular weight is 313 g/mol. The number of aromatic nitrogens is 1. The van der Waals surface area contributed by atoms with Gasteiger partial charge in [-0.2, -0.15) is 5.26 Å². The van der Waals surface area contributed by atoms with Gasteiger partial charge in [-0.1, -0.05) is 47.5 Å². The molecule has 2 aromatic carbocycles. The lowest BCUT2D eigenvalue weighted by atomic mass is 9.94. The summed E-state index contributed by atoms with van der Waals surface area (Å²) in [5.74, 6) is 0.271. The molecule has 0 radical (unpaired) electrons. The number of pyridine rings is 1. The lowest BCUT2D eigenvalue weighted by molar-refractivity contribution is 1.29. The van der Waals surface area contributed by atoms with E-state index in [-0.39, 0.29) is 5.82 Å². The summed E-state index contributed by atoms with van der Waals surface area (Å²) < 4.78 is 0. The number of hydrogen-bond donors (Lipinski definition) is 1. The van der Waals surface area contributed by atoms with Crippen LogP contribution in [-0.4, -0.2) is 4.98 Å². The summed E-state index contributed by atoms with van der Waals surface area (Å²) in [6.07, 6.45) is 0. The maximum absolute atomic E-state index is 9.56. The highest BCUT2D eigenvalue weighted by Crippen LogP contribution is 2.33. The quantitative estimate of drug-likeness (QED) is 0.739. The molecule has 0 saturated heterocycles. The Bertz CT molecular complexity index is 965. The van der Waals surface area contributed by atoms with Gasteiger partial charge in [-0.05, 0) is 44.0 Å². The largest absolute Gasteiger partial charge is 0.383 e. The Morgan fingerprint density at radius 2 is 1.67 bits per heavy atom. The molecule has 1 aromatic heterocycles. The van der Waals surface area contributed by atoms with Crippen molar-refractivity contribution in [3.63, 3.8) is 0 Å². The minimum Gasteiger partial charge on any atom is -0.383 e. The number of nitrogen functional groups attached to an aromatic ring is 1. The Morgan fingerprint density at radius 3 is 2.38 bits per heavy atom. The summed E-state index contributed by atoms with van der Waals surface area (Å²) in [5, 5.41) is 9.56. The summed E-state index contributed by atoms with van der Waals surface area (Å²) in [5.41, 5.74) is 13.6. The molecule has 0 saturated carbocycles. The number of nitrogens with two attached hydrogens (primary N) is 1. The maximum Gasteiger partial charge on any atom is 0.142 e. The average Bonchev–Trinajstić information content (AvgIpc) is 2.56. The summed E-state index contributed by atoms with van der Waals surface area (Å²) >= 11 is 0. The number of benzene rings is 2. The number of rotatable bonds is 2.